The number of unbranched alkanes of at least 4 members (excludes halogenated alkanes) is 1. The molecule has 2 nitrogen and oxygen atoms in total. The molecule has 0 aliphatic carbocycles. The van der Waals surface area contributed by atoms with Crippen molar-refractivity contribution in [2.75, 3.05) is 0 Å². The molecule has 0 bridgehead atoms. The maximum absolute atomic E-state index is 9.83. The quantitative estimate of drug-likeness (QED) is 0.619. The van der Waals surface area contributed by atoms with Gasteiger partial charge in [0.15, 0.2) is 11.5 Å². The summed E-state index contributed by atoms with van der Waals surface area (Å²) in [5.41, 5.74) is 1.94. The van der Waals surface area contributed by atoms with Gasteiger partial charge in [0.05, 0.1) is 3.74 Å². The summed E-state index contributed by atoms with van der Waals surface area (Å²) in [7, 11) is 0. The fraction of sp³-hybridized carbons (Fsp3) is 0.500. The minimum atomic E-state index is -0.0455. The summed E-state index contributed by atoms with van der Waals surface area (Å²) >= 11 is 6.79. The largest absolute Gasteiger partial charge is 0.504 e. The minimum Gasteiger partial charge on any atom is -0.504 e. The highest BCUT2D eigenvalue weighted by molar-refractivity contribution is 9.24. The average molecular weight is 352 g/mol. The molecule has 1 rings (SSSR count). The fourth-order valence-corrected chi connectivity index (χ4v) is 2.30. The van der Waals surface area contributed by atoms with Gasteiger partial charge in [-0.15, -0.1) is 0 Å². The zero-order valence-corrected chi connectivity index (χ0v) is 12.4. The number of phenolic OH excluding ortho intramolecular Hbond substituents is 2. The van der Waals surface area contributed by atoms with Gasteiger partial charge >= 0.3 is 0 Å². The summed E-state index contributed by atoms with van der Waals surface area (Å²) in [5.74, 6) is -0.0339. The zero-order valence-electron chi connectivity index (χ0n) is 9.21. The van der Waals surface area contributed by atoms with Crippen molar-refractivity contribution < 1.29 is 10.2 Å². The molecule has 0 radical (unpaired) electrons. The molecule has 0 unspecified atom stereocenters. The highest BCUT2D eigenvalue weighted by Gasteiger charge is 2.14. The van der Waals surface area contributed by atoms with E-state index in [4.69, 9.17) is 0 Å². The van der Waals surface area contributed by atoms with Crippen molar-refractivity contribution in [2.45, 2.75) is 36.3 Å². The van der Waals surface area contributed by atoms with Crippen molar-refractivity contribution >= 4 is 31.9 Å². The predicted octanol–water partition coefficient (Wildman–Crippen LogP) is 4.10. The van der Waals surface area contributed by atoms with E-state index >= 15 is 0 Å². The molecular weight excluding hydrogens is 336 g/mol. The van der Waals surface area contributed by atoms with Crippen LogP contribution in [0.1, 0.15) is 30.9 Å². The first-order valence-electron chi connectivity index (χ1n) is 5.37. The van der Waals surface area contributed by atoms with Crippen LogP contribution in [0.15, 0.2) is 12.1 Å². The van der Waals surface area contributed by atoms with Crippen LogP contribution in [0.2, 0.25) is 0 Å². The van der Waals surface area contributed by atoms with Crippen LogP contribution in [0.25, 0.3) is 0 Å². The molecular formula is C12H16Br2O2. The lowest BCUT2D eigenvalue weighted by atomic mass is 9.99. The lowest BCUT2D eigenvalue weighted by Gasteiger charge is -2.13. The Morgan fingerprint density at radius 3 is 2.50 bits per heavy atom. The van der Waals surface area contributed by atoms with Crippen LogP contribution in [0.5, 0.6) is 11.5 Å². The molecule has 0 saturated carbocycles. The van der Waals surface area contributed by atoms with Crippen LogP contribution in [-0.4, -0.2) is 13.9 Å². The smallest absolute Gasteiger partial charge is 0.161 e. The Bertz CT molecular complexity index is 351. The van der Waals surface area contributed by atoms with Gasteiger partial charge in [0.2, 0.25) is 0 Å². The molecule has 0 spiro atoms. The Hall–Kier alpha value is -0.220. The Morgan fingerprint density at radius 1 is 1.25 bits per heavy atom. The number of aromatic hydroxyl groups is 2. The molecule has 0 aliphatic heterocycles. The molecule has 90 valence electrons. The van der Waals surface area contributed by atoms with Crippen molar-refractivity contribution in [3.05, 3.63) is 23.3 Å². The summed E-state index contributed by atoms with van der Waals surface area (Å²) < 4.78 is 0.105. The SMILES string of the molecule is CCCCc1ccc(O)c(O)c1CC(Br)Br. The normalized spacial score (nSPS) is 11.0. The third kappa shape index (κ3) is 3.67. The number of aryl methyl sites for hydroxylation is 1. The lowest BCUT2D eigenvalue weighted by molar-refractivity contribution is 0.399. The summed E-state index contributed by atoms with van der Waals surface area (Å²) in [4.78, 5) is 0. The Kier molecular flexibility index (Phi) is 5.62. The summed E-state index contributed by atoms with van der Waals surface area (Å²) in [6.45, 7) is 2.14. The van der Waals surface area contributed by atoms with Gasteiger partial charge in [-0.1, -0.05) is 51.3 Å². The molecule has 1 aromatic carbocycles. The monoisotopic (exact) mass is 350 g/mol. The van der Waals surface area contributed by atoms with E-state index in [2.05, 4.69) is 38.8 Å². The molecule has 1 aromatic rings. The van der Waals surface area contributed by atoms with Crippen molar-refractivity contribution in [3.8, 4) is 11.5 Å². The van der Waals surface area contributed by atoms with Gasteiger partial charge in [0, 0.05) is 5.56 Å². The van der Waals surface area contributed by atoms with E-state index < -0.39 is 0 Å². The second-order valence-corrected chi connectivity index (χ2v) is 7.21. The Morgan fingerprint density at radius 2 is 1.94 bits per heavy atom. The van der Waals surface area contributed by atoms with E-state index in [1.54, 1.807) is 6.07 Å². The van der Waals surface area contributed by atoms with Crippen molar-refractivity contribution in [1.29, 1.82) is 0 Å². The third-order valence-corrected chi connectivity index (χ3v) is 3.16. The number of rotatable bonds is 5. The zero-order chi connectivity index (χ0) is 12.1. The molecule has 16 heavy (non-hydrogen) atoms. The van der Waals surface area contributed by atoms with Gasteiger partial charge in [-0.25, -0.2) is 0 Å². The molecule has 0 fully saturated rings. The first-order valence-corrected chi connectivity index (χ1v) is 7.20. The summed E-state index contributed by atoms with van der Waals surface area (Å²) in [5, 5.41) is 19.3. The number of hydrogen-bond donors (Lipinski definition) is 2. The number of halogens is 2. The number of phenols is 2. The first-order chi connectivity index (χ1) is 7.56. The van der Waals surface area contributed by atoms with E-state index in [0.29, 0.717) is 6.42 Å². The van der Waals surface area contributed by atoms with Crippen molar-refractivity contribution in [1.82, 2.24) is 0 Å². The molecule has 4 heteroatoms. The van der Waals surface area contributed by atoms with Crippen molar-refractivity contribution in [3.63, 3.8) is 0 Å². The molecule has 0 aliphatic rings. The second-order valence-electron chi connectivity index (χ2n) is 3.77. The van der Waals surface area contributed by atoms with E-state index in [-0.39, 0.29) is 15.2 Å². The summed E-state index contributed by atoms with van der Waals surface area (Å²) in [6.07, 6.45) is 3.80. The fourth-order valence-electron chi connectivity index (χ4n) is 1.65. The Balaban J connectivity index is 3.01. The van der Waals surface area contributed by atoms with Crippen LogP contribution in [0, 0.1) is 0 Å². The average Bonchev–Trinajstić information content (AvgIpc) is 2.23. The minimum absolute atomic E-state index is 0.0116. The highest BCUT2D eigenvalue weighted by atomic mass is 79.9. The summed E-state index contributed by atoms with van der Waals surface area (Å²) in [6, 6.07) is 3.45. The van der Waals surface area contributed by atoms with Crippen LogP contribution >= 0.6 is 31.9 Å². The molecule has 0 atom stereocenters. The van der Waals surface area contributed by atoms with Gasteiger partial charge in [-0.3, -0.25) is 0 Å². The molecule has 0 heterocycles. The number of hydrogen-bond acceptors (Lipinski definition) is 2. The van der Waals surface area contributed by atoms with Crippen LogP contribution in [-0.2, 0) is 12.8 Å². The van der Waals surface area contributed by atoms with Gasteiger partial charge < -0.3 is 10.2 Å². The third-order valence-electron chi connectivity index (χ3n) is 2.52. The standard InChI is InChI=1S/C12H16Br2O2/c1-2-3-4-8-5-6-10(15)12(16)9(8)7-11(13)14/h5-6,11,15-16H,2-4,7H2,1H3. The Labute approximate surface area is 113 Å². The van der Waals surface area contributed by atoms with Gasteiger partial charge in [-0.05, 0) is 30.9 Å². The van der Waals surface area contributed by atoms with Crippen LogP contribution in [0.4, 0.5) is 0 Å². The second kappa shape index (κ2) is 6.50. The van der Waals surface area contributed by atoms with Crippen molar-refractivity contribution in [2.24, 2.45) is 0 Å². The van der Waals surface area contributed by atoms with E-state index in [1.807, 2.05) is 6.07 Å². The van der Waals surface area contributed by atoms with Gasteiger partial charge in [0.25, 0.3) is 0 Å². The molecule has 0 saturated heterocycles. The van der Waals surface area contributed by atoms with Crippen LogP contribution in [0.3, 0.4) is 0 Å². The number of benzene rings is 1. The van der Waals surface area contributed by atoms with E-state index in [9.17, 15) is 10.2 Å². The molecule has 0 aromatic heterocycles. The first kappa shape index (κ1) is 13.8. The van der Waals surface area contributed by atoms with Crippen LogP contribution < -0.4 is 0 Å². The number of alkyl halides is 2. The molecule has 0 amide bonds. The molecule has 2 N–H and O–H groups in total. The lowest BCUT2D eigenvalue weighted by Crippen LogP contribution is -2.00. The maximum Gasteiger partial charge on any atom is 0.161 e. The topological polar surface area (TPSA) is 40.5 Å². The van der Waals surface area contributed by atoms with E-state index in [0.717, 1.165) is 30.4 Å². The predicted molar refractivity (Wildman–Crippen MR) is 73.7 cm³/mol. The van der Waals surface area contributed by atoms with Gasteiger partial charge in [0.1, 0.15) is 0 Å². The van der Waals surface area contributed by atoms with E-state index in [1.165, 1.54) is 0 Å². The van der Waals surface area contributed by atoms with Gasteiger partial charge in [-0.2, -0.15) is 0 Å². The maximum atomic E-state index is 9.83. The highest BCUT2D eigenvalue weighted by Crippen LogP contribution is 2.34.